The van der Waals surface area contributed by atoms with Gasteiger partial charge in [0.15, 0.2) is 5.82 Å². The van der Waals surface area contributed by atoms with Crippen LogP contribution < -0.4 is 5.32 Å². The van der Waals surface area contributed by atoms with Gasteiger partial charge in [-0.1, -0.05) is 17.3 Å². The normalized spacial score (nSPS) is 15.1. The molecule has 0 saturated carbocycles. The lowest BCUT2D eigenvalue weighted by Crippen LogP contribution is -2.41. The zero-order valence-corrected chi connectivity index (χ0v) is 15.2. The fraction of sp³-hybridized carbons (Fsp3) is 0.368. The van der Waals surface area contributed by atoms with Gasteiger partial charge in [0.25, 0.3) is 0 Å². The van der Waals surface area contributed by atoms with Gasteiger partial charge in [-0.15, -0.1) is 0 Å². The summed E-state index contributed by atoms with van der Waals surface area (Å²) in [5, 5.41) is 11.1. The topological polar surface area (TPSA) is 89.1 Å². The Hall–Kier alpha value is -3.16. The van der Waals surface area contributed by atoms with Crippen LogP contribution in [0, 0.1) is 12.8 Å². The van der Waals surface area contributed by atoms with Gasteiger partial charge in [-0.25, -0.2) is 9.48 Å². The molecule has 0 radical (unpaired) electrons. The van der Waals surface area contributed by atoms with Crippen LogP contribution in [-0.2, 0) is 6.42 Å². The minimum Gasteiger partial charge on any atom is -0.339 e. The second-order valence-electron chi connectivity index (χ2n) is 6.77. The van der Waals surface area contributed by atoms with Crippen LogP contribution in [0.15, 0.2) is 47.2 Å². The summed E-state index contributed by atoms with van der Waals surface area (Å²) in [5.74, 6) is 1.81. The lowest BCUT2D eigenvalue weighted by atomic mass is 9.94. The molecule has 8 heteroatoms. The molecule has 27 heavy (non-hydrogen) atoms. The fourth-order valence-electron chi connectivity index (χ4n) is 3.39. The van der Waals surface area contributed by atoms with Gasteiger partial charge in [0.1, 0.15) is 0 Å². The fourth-order valence-corrected chi connectivity index (χ4v) is 3.39. The first kappa shape index (κ1) is 17.3. The predicted molar refractivity (Wildman–Crippen MR) is 99.6 cm³/mol. The predicted octanol–water partition coefficient (Wildman–Crippen LogP) is 3.05. The van der Waals surface area contributed by atoms with E-state index >= 15 is 0 Å². The standard InChI is InChI=1S/C19H22N6O2/c1-14-21-18(27-23-14)13-15-7-11-24(12-8-15)19(26)22-16-5-2-3-6-17(16)25-10-4-9-20-25/h2-6,9-10,15H,7-8,11-13H2,1H3,(H,22,26). The van der Waals surface area contributed by atoms with Gasteiger partial charge < -0.3 is 14.7 Å². The van der Waals surface area contributed by atoms with Crippen molar-refractivity contribution in [3.63, 3.8) is 0 Å². The van der Waals surface area contributed by atoms with Gasteiger partial charge in [0.2, 0.25) is 5.89 Å². The van der Waals surface area contributed by atoms with Crippen molar-refractivity contribution in [1.29, 1.82) is 0 Å². The number of nitrogens with one attached hydrogen (secondary N) is 1. The Bertz CT molecular complexity index is 897. The van der Waals surface area contributed by atoms with E-state index in [2.05, 4.69) is 20.6 Å². The van der Waals surface area contributed by atoms with E-state index in [4.69, 9.17) is 4.52 Å². The highest BCUT2D eigenvalue weighted by molar-refractivity contribution is 5.91. The zero-order valence-electron chi connectivity index (χ0n) is 15.2. The minimum atomic E-state index is -0.0818. The van der Waals surface area contributed by atoms with Crippen LogP contribution in [0.4, 0.5) is 10.5 Å². The van der Waals surface area contributed by atoms with Crippen molar-refractivity contribution in [3.8, 4) is 5.69 Å². The third-order valence-corrected chi connectivity index (χ3v) is 4.83. The Morgan fingerprint density at radius 3 is 2.78 bits per heavy atom. The first-order chi connectivity index (χ1) is 13.2. The maximum Gasteiger partial charge on any atom is 0.321 e. The summed E-state index contributed by atoms with van der Waals surface area (Å²) in [4.78, 5) is 18.8. The van der Waals surface area contributed by atoms with E-state index in [1.165, 1.54) is 0 Å². The van der Waals surface area contributed by atoms with Crippen molar-refractivity contribution in [2.24, 2.45) is 5.92 Å². The maximum absolute atomic E-state index is 12.7. The summed E-state index contributed by atoms with van der Waals surface area (Å²) in [6.07, 6.45) is 6.20. The van der Waals surface area contributed by atoms with Gasteiger partial charge >= 0.3 is 6.03 Å². The molecule has 0 bridgehead atoms. The van der Waals surface area contributed by atoms with Crippen molar-refractivity contribution < 1.29 is 9.32 Å². The van der Waals surface area contributed by atoms with E-state index in [1.807, 2.05) is 48.4 Å². The van der Waals surface area contributed by atoms with Crippen LogP contribution in [-0.4, -0.2) is 43.9 Å². The molecule has 0 spiro atoms. The van der Waals surface area contributed by atoms with Crippen molar-refractivity contribution in [2.75, 3.05) is 18.4 Å². The molecular weight excluding hydrogens is 344 g/mol. The monoisotopic (exact) mass is 366 g/mol. The van der Waals surface area contributed by atoms with E-state index in [0.29, 0.717) is 30.7 Å². The van der Waals surface area contributed by atoms with Gasteiger partial charge in [-0.05, 0) is 43.9 Å². The number of amides is 2. The number of likely N-dealkylation sites (tertiary alicyclic amines) is 1. The molecule has 0 aliphatic carbocycles. The number of piperidine rings is 1. The number of benzene rings is 1. The molecule has 1 N–H and O–H groups in total. The lowest BCUT2D eigenvalue weighted by molar-refractivity contribution is 0.179. The molecule has 3 aromatic rings. The number of aryl methyl sites for hydroxylation is 1. The number of urea groups is 1. The first-order valence-electron chi connectivity index (χ1n) is 9.13. The number of hydrogen-bond donors (Lipinski definition) is 1. The average molecular weight is 366 g/mol. The summed E-state index contributed by atoms with van der Waals surface area (Å²) in [6, 6.07) is 9.43. The van der Waals surface area contributed by atoms with Crippen molar-refractivity contribution in [2.45, 2.75) is 26.2 Å². The first-order valence-corrected chi connectivity index (χ1v) is 9.13. The van der Waals surface area contributed by atoms with Crippen LogP contribution in [0.5, 0.6) is 0 Å². The highest BCUT2D eigenvalue weighted by atomic mass is 16.5. The molecule has 1 aliphatic rings. The third-order valence-electron chi connectivity index (χ3n) is 4.83. The molecule has 1 fully saturated rings. The van der Waals surface area contributed by atoms with Crippen molar-refractivity contribution >= 4 is 11.7 Å². The molecule has 1 saturated heterocycles. The van der Waals surface area contributed by atoms with Gasteiger partial charge in [-0.3, -0.25) is 0 Å². The van der Waals surface area contributed by atoms with Crippen molar-refractivity contribution in [3.05, 3.63) is 54.4 Å². The zero-order chi connectivity index (χ0) is 18.6. The summed E-state index contributed by atoms with van der Waals surface area (Å²) in [7, 11) is 0. The summed E-state index contributed by atoms with van der Waals surface area (Å²) in [6.45, 7) is 3.25. The van der Waals surface area contributed by atoms with Crippen LogP contribution in [0.1, 0.15) is 24.6 Å². The molecule has 140 valence electrons. The number of carbonyl (C=O) groups is 1. The third kappa shape index (κ3) is 3.99. The Balaban J connectivity index is 1.35. The van der Waals surface area contributed by atoms with Crippen LogP contribution in [0.25, 0.3) is 5.69 Å². The van der Waals surface area contributed by atoms with Crippen LogP contribution in [0.2, 0.25) is 0 Å². The maximum atomic E-state index is 12.7. The van der Waals surface area contributed by atoms with Gasteiger partial charge in [0, 0.05) is 31.9 Å². The largest absolute Gasteiger partial charge is 0.339 e. The summed E-state index contributed by atoms with van der Waals surface area (Å²) < 4.78 is 6.95. The van der Waals surface area contributed by atoms with E-state index in [1.54, 1.807) is 10.9 Å². The summed E-state index contributed by atoms with van der Waals surface area (Å²) in [5.41, 5.74) is 1.59. The molecule has 2 aromatic heterocycles. The average Bonchev–Trinajstić information content (AvgIpc) is 3.35. The van der Waals surface area contributed by atoms with Gasteiger partial charge in [-0.2, -0.15) is 10.1 Å². The lowest BCUT2D eigenvalue weighted by Gasteiger charge is -2.31. The molecule has 3 heterocycles. The number of carbonyl (C=O) groups excluding carboxylic acids is 1. The highest BCUT2D eigenvalue weighted by Crippen LogP contribution is 2.23. The van der Waals surface area contributed by atoms with Gasteiger partial charge in [0.05, 0.1) is 11.4 Å². The summed E-state index contributed by atoms with van der Waals surface area (Å²) >= 11 is 0. The number of hydrogen-bond acceptors (Lipinski definition) is 5. The SMILES string of the molecule is Cc1noc(CC2CCN(C(=O)Nc3ccccc3-n3cccn3)CC2)n1. The molecule has 2 amide bonds. The second kappa shape index (κ2) is 7.61. The molecule has 4 rings (SSSR count). The Morgan fingerprint density at radius 2 is 2.07 bits per heavy atom. The van der Waals surface area contributed by atoms with Crippen molar-refractivity contribution in [1.82, 2.24) is 24.8 Å². The smallest absolute Gasteiger partial charge is 0.321 e. The Labute approximate surface area is 157 Å². The van der Waals surface area contributed by atoms with E-state index < -0.39 is 0 Å². The number of nitrogens with zero attached hydrogens (tertiary/aromatic N) is 5. The molecule has 0 unspecified atom stereocenters. The Kier molecular flexibility index (Phi) is 4.86. The quantitative estimate of drug-likeness (QED) is 0.766. The molecule has 1 aromatic carbocycles. The van der Waals surface area contributed by atoms with Crippen LogP contribution >= 0.6 is 0 Å². The minimum absolute atomic E-state index is 0.0818. The molecule has 1 aliphatic heterocycles. The number of para-hydroxylation sites is 2. The molecule has 0 atom stereocenters. The number of rotatable bonds is 4. The van der Waals surface area contributed by atoms with E-state index in [9.17, 15) is 4.79 Å². The molecular formula is C19H22N6O2. The van der Waals surface area contributed by atoms with E-state index in [0.717, 1.165) is 30.6 Å². The highest BCUT2D eigenvalue weighted by Gasteiger charge is 2.25. The number of anilines is 1. The van der Waals surface area contributed by atoms with Crippen LogP contribution in [0.3, 0.4) is 0 Å². The molecule has 8 nitrogen and oxygen atoms in total. The second-order valence-corrected chi connectivity index (χ2v) is 6.77. The Morgan fingerprint density at radius 1 is 1.26 bits per heavy atom. The van der Waals surface area contributed by atoms with E-state index in [-0.39, 0.29) is 6.03 Å². The number of aromatic nitrogens is 4.